The number of hydrogen-bond donors (Lipinski definition) is 0. The topological polar surface area (TPSA) is 37.4 Å². The first-order valence-electron chi connectivity index (χ1n) is 7.78. The van der Waals surface area contributed by atoms with E-state index in [1.54, 1.807) is 0 Å². The second kappa shape index (κ2) is 6.81. The molecule has 0 N–H and O–H groups in total. The van der Waals surface area contributed by atoms with E-state index < -0.39 is 27.5 Å². The molecule has 0 aliphatic heterocycles. The Morgan fingerprint density at radius 2 is 1.83 bits per heavy atom. The Balaban J connectivity index is 2.26. The van der Waals surface area contributed by atoms with Gasteiger partial charge in [-0.05, 0) is 38.3 Å². The maximum atomic E-state index is 12.8. The zero-order valence-corrected chi connectivity index (χ0v) is 14.1. The number of benzene rings is 1. The van der Waals surface area contributed by atoms with Crippen molar-refractivity contribution >= 4 is 10.0 Å². The molecule has 0 spiro atoms. The van der Waals surface area contributed by atoms with Crippen molar-refractivity contribution < 1.29 is 21.6 Å². The van der Waals surface area contributed by atoms with Crippen LogP contribution in [-0.4, -0.2) is 24.8 Å². The van der Waals surface area contributed by atoms with Gasteiger partial charge in [-0.1, -0.05) is 31.0 Å². The predicted octanol–water partition coefficient (Wildman–Crippen LogP) is 4.19. The molecule has 0 unspecified atom stereocenters. The molecule has 0 bridgehead atoms. The lowest BCUT2D eigenvalue weighted by atomic mass is 10.1. The Hall–Kier alpha value is -1.08. The van der Waals surface area contributed by atoms with Gasteiger partial charge >= 0.3 is 6.18 Å². The summed E-state index contributed by atoms with van der Waals surface area (Å²) in [6, 6.07) is 4.32. The first-order chi connectivity index (χ1) is 10.6. The van der Waals surface area contributed by atoms with Crippen LogP contribution in [0.4, 0.5) is 13.2 Å². The summed E-state index contributed by atoms with van der Waals surface area (Å²) >= 11 is 0. The van der Waals surface area contributed by atoms with Gasteiger partial charge in [-0.2, -0.15) is 17.5 Å². The molecule has 23 heavy (non-hydrogen) atoms. The monoisotopic (exact) mass is 349 g/mol. The summed E-state index contributed by atoms with van der Waals surface area (Å²) in [5, 5.41) is 0. The summed E-state index contributed by atoms with van der Waals surface area (Å²) in [6.45, 7) is 3.62. The molecule has 1 fully saturated rings. The lowest BCUT2D eigenvalue weighted by Gasteiger charge is -2.31. The van der Waals surface area contributed by atoms with Gasteiger partial charge in [-0.25, -0.2) is 8.42 Å². The van der Waals surface area contributed by atoms with Crippen LogP contribution in [-0.2, 0) is 22.0 Å². The molecular formula is C16H22F3NO2S. The van der Waals surface area contributed by atoms with Crippen LogP contribution in [0.25, 0.3) is 0 Å². The molecule has 0 saturated heterocycles. The summed E-state index contributed by atoms with van der Waals surface area (Å²) in [5.41, 5.74) is -0.648. The van der Waals surface area contributed by atoms with Gasteiger partial charge in [0.1, 0.15) is 0 Å². The van der Waals surface area contributed by atoms with Crippen LogP contribution < -0.4 is 0 Å². The maximum Gasteiger partial charge on any atom is 0.416 e. The Labute approximate surface area is 135 Å². The standard InChI is InChI=1S/C16H22F3NO2S/c1-12(2)20(15-8-3-4-9-15)23(21,22)11-13-6-5-7-14(10-13)16(17,18)19/h5-7,10,12,15H,3-4,8-9,11H2,1-2H3. The van der Waals surface area contributed by atoms with Crippen molar-refractivity contribution in [2.45, 2.75) is 63.5 Å². The third-order valence-electron chi connectivity index (χ3n) is 4.12. The van der Waals surface area contributed by atoms with Crippen molar-refractivity contribution in [1.82, 2.24) is 4.31 Å². The molecule has 0 radical (unpaired) electrons. The zero-order chi connectivity index (χ0) is 17.3. The van der Waals surface area contributed by atoms with Gasteiger partial charge in [0.2, 0.25) is 10.0 Å². The van der Waals surface area contributed by atoms with Crippen molar-refractivity contribution in [1.29, 1.82) is 0 Å². The average molecular weight is 349 g/mol. The predicted molar refractivity (Wildman–Crippen MR) is 83.3 cm³/mol. The highest BCUT2D eigenvalue weighted by Crippen LogP contribution is 2.31. The summed E-state index contributed by atoms with van der Waals surface area (Å²) in [4.78, 5) is 0. The molecule has 3 nitrogen and oxygen atoms in total. The number of nitrogens with zero attached hydrogens (tertiary/aromatic N) is 1. The average Bonchev–Trinajstić information content (AvgIpc) is 2.90. The maximum absolute atomic E-state index is 12.8. The normalized spacial score (nSPS) is 17.3. The minimum Gasteiger partial charge on any atom is -0.212 e. The van der Waals surface area contributed by atoms with E-state index in [9.17, 15) is 21.6 Å². The summed E-state index contributed by atoms with van der Waals surface area (Å²) in [6.07, 6.45) is -0.844. The van der Waals surface area contributed by atoms with Crippen LogP contribution in [0.15, 0.2) is 24.3 Å². The minimum atomic E-state index is -4.47. The van der Waals surface area contributed by atoms with Crippen LogP contribution in [0.1, 0.15) is 50.7 Å². The number of rotatable bonds is 5. The molecule has 7 heteroatoms. The fourth-order valence-corrected chi connectivity index (χ4v) is 5.31. The number of hydrogen-bond acceptors (Lipinski definition) is 2. The van der Waals surface area contributed by atoms with Gasteiger partial charge in [0.05, 0.1) is 11.3 Å². The van der Waals surface area contributed by atoms with Gasteiger partial charge in [0.25, 0.3) is 0 Å². The Kier molecular flexibility index (Phi) is 5.41. The van der Waals surface area contributed by atoms with E-state index in [2.05, 4.69) is 0 Å². The van der Waals surface area contributed by atoms with E-state index in [1.165, 1.54) is 16.4 Å². The lowest BCUT2D eigenvalue weighted by molar-refractivity contribution is -0.137. The zero-order valence-electron chi connectivity index (χ0n) is 13.3. The highest BCUT2D eigenvalue weighted by atomic mass is 32.2. The van der Waals surface area contributed by atoms with Crippen molar-refractivity contribution in [2.75, 3.05) is 0 Å². The molecule has 1 aliphatic carbocycles. The van der Waals surface area contributed by atoms with E-state index in [4.69, 9.17) is 0 Å². The first kappa shape index (κ1) is 18.3. The fraction of sp³-hybridized carbons (Fsp3) is 0.625. The number of alkyl halides is 3. The smallest absolute Gasteiger partial charge is 0.212 e. The van der Waals surface area contributed by atoms with Gasteiger partial charge < -0.3 is 0 Å². The molecule has 1 aromatic rings. The molecule has 2 rings (SSSR count). The van der Waals surface area contributed by atoms with Gasteiger partial charge in [-0.3, -0.25) is 0 Å². The highest BCUT2D eigenvalue weighted by molar-refractivity contribution is 7.88. The quantitative estimate of drug-likeness (QED) is 0.799. The minimum absolute atomic E-state index is 0.0363. The largest absolute Gasteiger partial charge is 0.416 e. The lowest BCUT2D eigenvalue weighted by Crippen LogP contribution is -2.44. The summed E-state index contributed by atoms with van der Waals surface area (Å²) in [5.74, 6) is -0.397. The van der Waals surface area contributed by atoms with Crippen LogP contribution in [0.2, 0.25) is 0 Å². The highest BCUT2D eigenvalue weighted by Gasteiger charge is 2.35. The third-order valence-corrected chi connectivity index (χ3v) is 6.18. The van der Waals surface area contributed by atoms with Crippen molar-refractivity contribution in [3.63, 3.8) is 0 Å². The first-order valence-corrected chi connectivity index (χ1v) is 9.39. The Morgan fingerprint density at radius 1 is 1.22 bits per heavy atom. The van der Waals surface area contributed by atoms with Gasteiger partial charge in [0, 0.05) is 12.1 Å². The van der Waals surface area contributed by atoms with E-state index in [1.807, 2.05) is 13.8 Å². The summed E-state index contributed by atoms with van der Waals surface area (Å²) < 4.78 is 65.3. The SMILES string of the molecule is CC(C)N(C1CCCC1)S(=O)(=O)Cc1cccc(C(F)(F)F)c1. The van der Waals surface area contributed by atoms with Crippen LogP contribution >= 0.6 is 0 Å². The Bertz CT molecular complexity index is 635. The van der Waals surface area contributed by atoms with Gasteiger partial charge in [-0.15, -0.1) is 0 Å². The molecular weight excluding hydrogens is 327 g/mol. The number of halogens is 3. The molecule has 0 aromatic heterocycles. The molecule has 0 atom stereocenters. The number of sulfonamides is 1. The molecule has 0 amide bonds. The molecule has 1 saturated carbocycles. The second-order valence-corrected chi connectivity index (χ2v) is 8.19. The summed E-state index contributed by atoms with van der Waals surface area (Å²) in [7, 11) is -3.65. The molecule has 0 heterocycles. The van der Waals surface area contributed by atoms with Crippen LogP contribution in [0.3, 0.4) is 0 Å². The van der Waals surface area contributed by atoms with E-state index in [0.29, 0.717) is 0 Å². The molecule has 1 aliphatic rings. The fourth-order valence-electron chi connectivity index (χ4n) is 3.25. The molecule has 1 aromatic carbocycles. The van der Waals surface area contributed by atoms with Crippen molar-refractivity contribution in [3.05, 3.63) is 35.4 Å². The Morgan fingerprint density at radius 3 is 2.35 bits per heavy atom. The van der Waals surface area contributed by atoms with Crippen LogP contribution in [0.5, 0.6) is 0 Å². The molecule has 130 valence electrons. The van der Waals surface area contributed by atoms with Gasteiger partial charge in [0.15, 0.2) is 0 Å². The second-order valence-electron chi connectivity index (χ2n) is 6.32. The third kappa shape index (κ3) is 4.47. The van der Waals surface area contributed by atoms with Crippen molar-refractivity contribution in [3.8, 4) is 0 Å². The van der Waals surface area contributed by atoms with E-state index >= 15 is 0 Å². The van der Waals surface area contributed by atoms with Crippen molar-refractivity contribution in [2.24, 2.45) is 0 Å². The van der Waals surface area contributed by atoms with Crippen LogP contribution in [0, 0.1) is 0 Å². The van der Waals surface area contributed by atoms with E-state index in [0.717, 1.165) is 37.8 Å². The van der Waals surface area contributed by atoms with E-state index in [-0.39, 0.29) is 17.6 Å².